The zero-order valence-corrected chi connectivity index (χ0v) is 14.3. The molecule has 2 saturated carbocycles. The highest BCUT2D eigenvalue weighted by Crippen LogP contribution is 2.57. The molecule has 2 nitrogen and oxygen atoms in total. The summed E-state index contributed by atoms with van der Waals surface area (Å²) in [6.07, 6.45) is 10.9. The molecule has 23 heavy (non-hydrogen) atoms. The van der Waals surface area contributed by atoms with Gasteiger partial charge >= 0.3 is 0 Å². The second-order valence-corrected chi connectivity index (χ2v) is 8.69. The molecule has 1 saturated heterocycles. The van der Waals surface area contributed by atoms with Crippen molar-refractivity contribution in [1.29, 1.82) is 0 Å². The zero-order valence-electron chi connectivity index (χ0n) is 14.3. The van der Waals surface area contributed by atoms with E-state index in [1.54, 1.807) is 0 Å². The number of piperidine rings is 1. The number of aromatic hydroxyl groups is 1. The summed E-state index contributed by atoms with van der Waals surface area (Å²) in [6, 6.07) is 7.76. The highest BCUT2D eigenvalue weighted by molar-refractivity contribution is 5.45. The number of phenols is 1. The minimum Gasteiger partial charge on any atom is -0.508 e. The summed E-state index contributed by atoms with van der Waals surface area (Å²) in [6.45, 7) is 3.76. The lowest BCUT2D eigenvalue weighted by atomic mass is 9.52. The summed E-state index contributed by atoms with van der Waals surface area (Å²) in [5.41, 5.74) is 3.41. The van der Waals surface area contributed by atoms with Crippen molar-refractivity contribution in [3.8, 4) is 5.75 Å². The molecule has 0 amide bonds. The first-order valence-electron chi connectivity index (χ1n) is 9.77. The fourth-order valence-corrected chi connectivity index (χ4v) is 6.38. The Kier molecular flexibility index (Phi) is 3.11. The molecule has 1 aromatic rings. The van der Waals surface area contributed by atoms with E-state index in [1.165, 1.54) is 69.0 Å². The Hall–Kier alpha value is -1.02. The lowest BCUT2D eigenvalue weighted by molar-refractivity contribution is -0.0343. The maximum absolute atomic E-state index is 10.1. The number of hydrogen-bond acceptors (Lipinski definition) is 2. The monoisotopic (exact) mass is 311 g/mol. The maximum atomic E-state index is 10.1. The fraction of sp³-hybridized carbons (Fsp3) is 0.714. The number of hydrogen-bond donors (Lipinski definition) is 1. The Balaban J connectivity index is 1.59. The molecule has 0 aromatic heterocycles. The molecule has 3 fully saturated rings. The summed E-state index contributed by atoms with van der Waals surface area (Å²) in [5.74, 6) is 2.25. The Morgan fingerprint density at radius 2 is 2.04 bits per heavy atom. The molecule has 2 heteroatoms. The van der Waals surface area contributed by atoms with Crippen LogP contribution in [-0.2, 0) is 11.8 Å². The van der Waals surface area contributed by atoms with Crippen molar-refractivity contribution in [2.75, 3.05) is 6.54 Å². The van der Waals surface area contributed by atoms with E-state index in [2.05, 4.69) is 24.0 Å². The van der Waals surface area contributed by atoms with Gasteiger partial charge in [0, 0.05) is 17.5 Å². The number of benzene rings is 1. The molecule has 0 radical (unpaired) electrons. The van der Waals surface area contributed by atoms with E-state index in [9.17, 15) is 5.11 Å². The average molecular weight is 311 g/mol. The van der Waals surface area contributed by atoms with E-state index in [1.807, 2.05) is 6.07 Å². The van der Waals surface area contributed by atoms with Crippen LogP contribution < -0.4 is 0 Å². The first-order chi connectivity index (χ1) is 11.2. The van der Waals surface area contributed by atoms with Gasteiger partial charge in [0.15, 0.2) is 0 Å². The molecule has 4 atom stereocenters. The summed E-state index contributed by atoms with van der Waals surface area (Å²) in [5, 5.41) is 10.1. The molecule has 3 aliphatic carbocycles. The van der Waals surface area contributed by atoms with Crippen LogP contribution in [0.2, 0.25) is 0 Å². The highest BCUT2D eigenvalue weighted by Gasteiger charge is 2.55. The molecular formula is C21H29NO. The lowest BCUT2D eigenvalue weighted by Gasteiger charge is -2.60. The van der Waals surface area contributed by atoms with E-state index in [0.29, 0.717) is 11.2 Å². The third-order valence-corrected chi connectivity index (χ3v) is 7.69. The van der Waals surface area contributed by atoms with Crippen LogP contribution in [0.1, 0.15) is 63.0 Å². The Morgan fingerprint density at radius 1 is 1.17 bits per heavy atom. The number of fused-ring (bicyclic) bond motifs is 1. The first kappa shape index (κ1) is 14.3. The van der Waals surface area contributed by atoms with Gasteiger partial charge in [0.2, 0.25) is 0 Å². The first-order valence-corrected chi connectivity index (χ1v) is 9.77. The van der Waals surface area contributed by atoms with Crippen LogP contribution in [0, 0.1) is 11.8 Å². The summed E-state index contributed by atoms with van der Waals surface area (Å²) in [7, 11) is 0. The van der Waals surface area contributed by atoms with Gasteiger partial charge in [-0.25, -0.2) is 0 Å². The molecule has 1 N–H and O–H groups in total. The molecule has 1 heterocycles. The number of likely N-dealkylation sites (tertiary alicyclic amines) is 1. The van der Waals surface area contributed by atoms with E-state index in [0.717, 1.165) is 23.9 Å². The second kappa shape index (κ2) is 4.99. The van der Waals surface area contributed by atoms with Gasteiger partial charge in [-0.05, 0) is 87.1 Å². The molecule has 5 rings (SSSR count). The third kappa shape index (κ3) is 2.03. The van der Waals surface area contributed by atoms with Gasteiger partial charge in [0.1, 0.15) is 5.75 Å². The van der Waals surface area contributed by atoms with Crippen LogP contribution >= 0.6 is 0 Å². The van der Waals surface area contributed by atoms with Crippen molar-refractivity contribution in [3.63, 3.8) is 0 Å². The van der Waals surface area contributed by atoms with Gasteiger partial charge in [-0.3, -0.25) is 4.90 Å². The van der Waals surface area contributed by atoms with Crippen LogP contribution in [0.3, 0.4) is 0 Å². The lowest BCUT2D eigenvalue weighted by Crippen LogP contribution is -2.62. The van der Waals surface area contributed by atoms with Gasteiger partial charge in [0.05, 0.1) is 0 Å². The van der Waals surface area contributed by atoms with Crippen molar-refractivity contribution < 1.29 is 5.11 Å². The average Bonchev–Trinajstić information content (AvgIpc) is 3.40. The van der Waals surface area contributed by atoms with Gasteiger partial charge in [-0.15, -0.1) is 0 Å². The number of nitrogens with zero attached hydrogens (tertiary/aromatic N) is 1. The molecule has 124 valence electrons. The van der Waals surface area contributed by atoms with E-state index in [4.69, 9.17) is 0 Å². The van der Waals surface area contributed by atoms with E-state index >= 15 is 0 Å². The van der Waals surface area contributed by atoms with Crippen molar-refractivity contribution in [2.24, 2.45) is 11.8 Å². The van der Waals surface area contributed by atoms with E-state index < -0.39 is 0 Å². The van der Waals surface area contributed by atoms with Crippen molar-refractivity contribution in [3.05, 3.63) is 29.3 Å². The molecule has 1 aromatic carbocycles. The van der Waals surface area contributed by atoms with Gasteiger partial charge in [-0.2, -0.15) is 0 Å². The predicted octanol–water partition coefficient (Wildman–Crippen LogP) is 4.25. The summed E-state index contributed by atoms with van der Waals surface area (Å²) in [4.78, 5) is 2.89. The minimum atomic E-state index is 0.370. The standard InChI is InChI=1S/C21H29NO/c1-14(15-5-6-15)22-11-10-21-9-3-2-4-18(21)20(22)12-16-7-8-17(23)13-19(16)21/h7-8,13-15,18,20,23H,2-6,9-12H2,1H3/t14-,18+,20-,21+/m1/s1. The summed E-state index contributed by atoms with van der Waals surface area (Å²) >= 11 is 0. The SMILES string of the molecule is C[C@H](C1CC1)N1CC[C@@]23CCCC[C@H]2[C@H]1Cc1ccc(O)cc13. The quantitative estimate of drug-likeness (QED) is 0.882. The Morgan fingerprint density at radius 3 is 2.87 bits per heavy atom. The molecular weight excluding hydrogens is 282 g/mol. The van der Waals surface area contributed by atoms with Gasteiger partial charge in [0.25, 0.3) is 0 Å². The normalized spacial score (nSPS) is 37.8. The van der Waals surface area contributed by atoms with Crippen molar-refractivity contribution in [2.45, 2.75) is 75.8 Å². The van der Waals surface area contributed by atoms with Gasteiger partial charge < -0.3 is 5.11 Å². The molecule has 2 bridgehead atoms. The topological polar surface area (TPSA) is 23.5 Å². The fourth-order valence-electron chi connectivity index (χ4n) is 6.38. The van der Waals surface area contributed by atoms with Crippen LogP contribution in [0.25, 0.3) is 0 Å². The van der Waals surface area contributed by atoms with Crippen molar-refractivity contribution >= 4 is 0 Å². The molecule has 4 aliphatic rings. The molecule has 0 unspecified atom stereocenters. The number of phenolic OH excluding ortho intramolecular Hbond substituents is 1. The largest absolute Gasteiger partial charge is 0.508 e. The van der Waals surface area contributed by atoms with Crippen LogP contribution in [0.4, 0.5) is 0 Å². The third-order valence-electron chi connectivity index (χ3n) is 7.69. The Labute approximate surface area is 139 Å². The van der Waals surface area contributed by atoms with Crippen LogP contribution in [0.15, 0.2) is 18.2 Å². The van der Waals surface area contributed by atoms with Crippen LogP contribution in [-0.4, -0.2) is 28.6 Å². The van der Waals surface area contributed by atoms with Crippen molar-refractivity contribution in [1.82, 2.24) is 4.90 Å². The van der Waals surface area contributed by atoms with Crippen LogP contribution in [0.5, 0.6) is 5.75 Å². The highest BCUT2D eigenvalue weighted by atomic mass is 16.3. The summed E-state index contributed by atoms with van der Waals surface area (Å²) < 4.78 is 0. The smallest absolute Gasteiger partial charge is 0.115 e. The van der Waals surface area contributed by atoms with Gasteiger partial charge in [-0.1, -0.05) is 18.9 Å². The maximum Gasteiger partial charge on any atom is 0.115 e. The molecule has 1 aliphatic heterocycles. The zero-order chi connectivity index (χ0) is 15.6. The number of rotatable bonds is 2. The predicted molar refractivity (Wildman–Crippen MR) is 92.7 cm³/mol. The Bertz CT molecular complexity index is 622. The molecule has 0 spiro atoms. The van der Waals surface area contributed by atoms with E-state index in [-0.39, 0.29) is 0 Å². The second-order valence-electron chi connectivity index (χ2n) is 8.69. The minimum absolute atomic E-state index is 0.370.